The zero-order chi connectivity index (χ0) is 20.1. The molecule has 0 saturated carbocycles. The molecule has 0 spiro atoms. The molecule has 4 aromatic rings. The Labute approximate surface area is 171 Å². The van der Waals surface area contributed by atoms with E-state index >= 15 is 0 Å². The molecule has 0 aliphatic heterocycles. The minimum absolute atomic E-state index is 0.230. The number of ether oxygens (including phenoxy) is 1. The molecule has 3 aromatic carbocycles. The van der Waals surface area contributed by atoms with Crippen LogP contribution in [-0.2, 0) is 0 Å². The first kappa shape index (κ1) is 18.7. The van der Waals surface area contributed by atoms with Gasteiger partial charge in [0.25, 0.3) is 5.91 Å². The summed E-state index contributed by atoms with van der Waals surface area (Å²) in [6.45, 7) is 0. The van der Waals surface area contributed by atoms with Crippen molar-refractivity contribution in [2.45, 2.75) is 9.79 Å². The summed E-state index contributed by atoms with van der Waals surface area (Å²) in [6, 6.07) is 22.7. The van der Waals surface area contributed by atoms with Crippen LogP contribution in [0, 0.1) is 0 Å². The summed E-state index contributed by atoms with van der Waals surface area (Å²) in [5.41, 5.74) is 1.80. The van der Waals surface area contributed by atoms with Crippen molar-refractivity contribution in [3.05, 3.63) is 84.7 Å². The molecule has 8 heteroatoms. The van der Waals surface area contributed by atoms with E-state index in [4.69, 9.17) is 4.74 Å². The van der Waals surface area contributed by atoms with Gasteiger partial charge in [-0.15, -0.1) is 5.10 Å². The molecule has 29 heavy (non-hydrogen) atoms. The lowest BCUT2D eigenvalue weighted by molar-refractivity contribution is 0.102. The van der Waals surface area contributed by atoms with Gasteiger partial charge in [-0.05, 0) is 71.1 Å². The quantitative estimate of drug-likeness (QED) is 0.523. The van der Waals surface area contributed by atoms with E-state index in [0.29, 0.717) is 16.9 Å². The topological polar surface area (TPSA) is 81.9 Å². The lowest BCUT2D eigenvalue weighted by Gasteiger charge is -2.10. The Morgan fingerprint density at radius 3 is 2.31 bits per heavy atom. The monoisotopic (exact) mass is 403 g/mol. The molecule has 0 fully saturated rings. The van der Waals surface area contributed by atoms with E-state index in [1.165, 1.54) is 11.0 Å². The summed E-state index contributed by atoms with van der Waals surface area (Å²) in [6.07, 6.45) is 1.46. The number of nitrogens with zero attached hydrogens (tertiary/aromatic N) is 4. The largest absolute Gasteiger partial charge is 0.497 e. The molecule has 4 rings (SSSR count). The Balaban J connectivity index is 1.46. The van der Waals surface area contributed by atoms with Gasteiger partial charge >= 0.3 is 0 Å². The van der Waals surface area contributed by atoms with Crippen LogP contribution in [-0.4, -0.2) is 33.2 Å². The maximum absolute atomic E-state index is 12.8. The van der Waals surface area contributed by atoms with E-state index < -0.39 is 0 Å². The number of carbonyl (C=O) groups is 1. The number of amides is 1. The van der Waals surface area contributed by atoms with Crippen LogP contribution in [0.1, 0.15) is 10.4 Å². The summed E-state index contributed by atoms with van der Waals surface area (Å²) in [4.78, 5) is 14.9. The Hall–Kier alpha value is -3.65. The molecule has 1 amide bonds. The Kier molecular flexibility index (Phi) is 5.53. The second-order valence-corrected chi connectivity index (χ2v) is 7.17. The van der Waals surface area contributed by atoms with Gasteiger partial charge in [0.1, 0.15) is 12.1 Å². The number of methoxy groups -OCH3 is 1. The average molecular weight is 403 g/mol. The molecule has 0 saturated heterocycles. The second kappa shape index (κ2) is 8.57. The minimum Gasteiger partial charge on any atom is -0.497 e. The van der Waals surface area contributed by atoms with E-state index in [1.807, 2.05) is 54.6 Å². The van der Waals surface area contributed by atoms with E-state index in [2.05, 4.69) is 20.8 Å². The molecule has 0 atom stereocenters. The zero-order valence-corrected chi connectivity index (χ0v) is 16.3. The summed E-state index contributed by atoms with van der Waals surface area (Å²) in [7, 11) is 1.65. The summed E-state index contributed by atoms with van der Waals surface area (Å²) >= 11 is 1.64. The van der Waals surface area contributed by atoms with Crippen LogP contribution in [0.3, 0.4) is 0 Å². The van der Waals surface area contributed by atoms with Crippen molar-refractivity contribution in [3.8, 4) is 11.4 Å². The molecule has 144 valence electrons. The van der Waals surface area contributed by atoms with E-state index in [1.54, 1.807) is 37.1 Å². The Morgan fingerprint density at radius 2 is 1.66 bits per heavy atom. The number of para-hydroxylation sites is 1. The van der Waals surface area contributed by atoms with Gasteiger partial charge in [0.2, 0.25) is 0 Å². The van der Waals surface area contributed by atoms with Crippen molar-refractivity contribution in [1.82, 2.24) is 20.2 Å². The maximum Gasteiger partial charge on any atom is 0.257 e. The van der Waals surface area contributed by atoms with Gasteiger partial charge in [-0.25, -0.2) is 0 Å². The average Bonchev–Trinajstić information content (AvgIpc) is 3.30. The van der Waals surface area contributed by atoms with Gasteiger partial charge in [-0.1, -0.05) is 23.9 Å². The summed E-state index contributed by atoms with van der Waals surface area (Å²) < 4.78 is 6.64. The SMILES string of the molecule is COc1ccc(Sc2ccc(NC(=O)c3ccccc3-n3cnnn3)cc2)cc1. The molecule has 0 radical (unpaired) electrons. The number of hydrogen-bond donors (Lipinski definition) is 1. The third kappa shape index (κ3) is 4.44. The van der Waals surface area contributed by atoms with Gasteiger partial charge in [0.15, 0.2) is 0 Å². The van der Waals surface area contributed by atoms with Crippen molar-refractivity contribution in [1.29, 1.82) is 0 Å². The zero-order valence-electron chi connectivity index (χ0n) is 15.5. The fourth-order valence-electron chi connectivity index (χ4n) is 2.72. The normalized spacial score (nSPS) is 10.5. The van der Waals surface area contributed by atoms with Crippen LogP contribution in [0.25, 0.3) is 5.69 Å². The van der Waals surface area contributed by atoms with Gasteiger partial charge in [-0.2, -0.15) is 4.68 Å². The van der Waals surface area contributed by atoms with Crippen molar-refractivity contribution in [2.24, 2.45) is 0 Å². The van der Waals surface area contributed by atoms with E-state index in [-0.39, 0.29) is 5.91 Å². The molecular weight excluding hydrogens is 386 g/mol. The van der Waals surface area contributed by atoms with Crippen molar-refractivity contribution >= 4 is 23.4 Å². The number of hydrogen-bond acceptors (Lipinski definition) is 6. The highest BCUT2D eigenvalue weighted by atomic mass is 32.2. The smallest absolute Gasteiger partial charge is 0.257 e. The third-order valence-corrected chi connectivity index (χ3v) is 5.17. The fraction of sp³-hybridized carbons (Fsp3) is 0.0476. The van der Waals surface area contributed by atoms with Crippen molar-refractivity contribution in [2.75, 3.05) is 12.4 Å². The van der Waals surface area contributed by atoms with Crippen molar-refractivity contribution in [3.63, 3.8) is 0 Å². The van der Waals surface area contributed by atoms with Crippen LogP contribution in [0.15, 0.2) is 88.9 Å². The highest BCUT2D eigenvalue weighted by molar-refractivity contribution is 7.99. The lowest BCUT2D eigenvalue weighted by atomic mass is 10.1. The number of anilines is 1. The molecule has 1 heterocycles. The molecule has 0 bridgehead atoms. The molecule has 1 N–H and O–H groups in total. The predicted octanol–water partition coefficient (Wildman–Crippen LogP) is 4.07. The number of benzene rings is 3. The van der Waals surface area contributed by atoms with Crippen LogP contribution in [0.5, 0.6) is 5.75 Å². The molecular formula is C21H17N5O2S. The maximum atomic E-state index is 12.8. The highest BCUT2D eigenvalue weighted by Crippen LogP contribution is 2.30. The van der Waals surface area contributed by atoms with E-state index in [0.717, 1.165) is 15.5 Å². The fourth-order valence-corrected chi connectivity index (χ4v) is 3.54. The molecule has 1 aromatic heterocycles. The predicted molar refractivity (Wildman–Crippen MR) is 111 cm³/mol. The Bertz CT molecular complexity index is 1100. The van der Waals surface area contributed by atoms with E-state index in [9.17, 15) is 4.79 Å². The number of carbonyl (C=O) groups excluding carboxylic acids is 1. The third-order valence-electron chi connectivity index (χ3n) is 4.15. The van der Waals surface area contributed by atoms with Gasteiger partial charge < -0.3 is 10.1 Å². The number of tetrazole rings is 1. The van der Waals surface area contributed by atoms with Gasteiger partial charge in [0.05, 0.1) is 18.4 Å². The first-order valence-corrected chi connectivity index (χ1v) is 9.60. The Morgan fingerprint density at radius 1 is 0.966 bits per heavy atom. The standard InChI is InChI=1S/C21H17N5O2S/c1-28-16-8-12-18(13-9-16)29-17-10-6-15(7-11-17)23-21(27)19-4-2-3-5-20(19)26-14-22-24-25-26/h2-14H,1H3,(H,23,27). The number of rotatable bonds is 6. The van der Waals surface area contributed by atoms with Crippen LogP contribution < -0.4 is 10.1 Å². The van der Waals surface area contributed by atoms with Gasteiger partial charge in [0, 0.05) is 15.5 Å². The second-order valence-electron chi connectivity index (χ2n) is 6.03. The van der Waals surface area contributed by atoms with Crippen LogP contribution in [0.2, 0.25) is 0 Å². The number of aromatic nitrogens is 4. The molecule has 0 unspecified atom stereocenters. The summed E-state index contributed by atoms with van der Waals surface area (Å²) in [5.74, 6) is 0.598. The lowest BCUT2D eigenvalue weighted by Crippen LogP contribution is -2.15. The molecule has 0 aliphatic carbocycles. The van der Waals surface area contributed by atoms with Crippen LogP contribution >= 0.6 is 11.8 Å². The highest BCUT2D eigenvalue weighted by Gasteiger charge is 2.13. The first-order valence-electron chi connectivity index (χ1n) is 8.78. The van der Waals surface area contributed by atoms with Crippen LogP contribution in [0.4, 0.5) is 5.69 Å². The number of nitrogens with one attached hydrogen (secondary N) is 1. The summed E-state index contributed by atoms with van der Waals surface area (Å²) in [5, 5.41) is 14.0. The van der Waals surface area contributed by atoms with Crippen molar-refractivity contribution < 1.29 is 9.53 Å². The molecule has 0 aliphatic rings. The molecule has 7 nitrogen and oxygen atoms in total. The minimum atomic E-state index is -0.230. The van der Waals surface area contributed by atoms with Gasteiger partial charge in [-0.3, -0.25) is 4.79 Å². The first-order chi connectivity index (χ1) is 14.2.